The van der Waals surface area contributed by atoms with Gasteiger partial charge in [-0.3, -0.25) is 0 Å². The minimum atomic E-state index is -4.91. The Balaban J connectivity index is 2.86. The molecule has 0 saturated carbocycles. The van der Waals surface area contributed by atoms with Crippen LogP contribution >= 0.6 is 0 Å². The number of benzene rings is 1. The second-order valence-corrected chi connectivity index (χ2v) is 3.42. The molecular weight excluding hydrogens is 240 g/mol. The van der Waals surface area contributed by atoms with Crippen molar-refractivity contribution in [3.8, 4) is 5.75 Å². The predicted octanol–water partition coefficient (Wildman–Crippen LogP) is 2.07. The van der Waals surface area contributed by atoms with Crippen molar-refractivity contribution in [2.75, 3.05) is 6.54 Å². The fourth-order valence-electron chi connectivity index (χ4n) is 1.30. The zero-order chi connectivity index (χ0) is 13.1. The van der Waals surface area contributed by atoms with Crippen LogP contribution in [0.25, 0.3) is 0 Å². The van der Waals surface area contributed by atoms with E-state index < -0.39 is 24.0 Å². The SMILES string of the molecule is NCC[C@H](N)c1ccc(OC(F)(F)F)c(F)c1. The van der Waals surface area contributed by atoms with Crippen molar-refractivity contribution in [2.24, 2.45) is 11.5 Å². The van der Waals surface area contributed by atoms with Crippen LogP contribution in [0.15, 0.2) is 18.2 Å². The largest absolute Gasteiger partial charge is 0.573 e. The highest BCUT2D eigenvalue weighted by atomic mass is 19.4. The third-order valence-electron chi connectivity index (χ3n) is 2.09. The molecule has 0 spiro atoms. The molecule has 1 aromatic rings. The standard InChI is InChI=1S/C10H12F4N2O/c11-7-5-6(8(16)3-4-15)1-2-9(7)17-10(12,13)14/h1-2,5,8H,3-4,15-16H2/t8-/m0/s1. The molecule has 0 unspecified atom stereocenters. The van der Waals surface area contributed by atoms with Gasteiger partial charge >= 0.3 is 6.36 Å². The van der Waals surface area contributed by atoms with E-state index in [1.54, 1.807) is 0 Å². The lowest BCUT2D eigenvalue weighted by Gasteiger charge is -2.13. The summed E-state index contributed by atoms with van der Waals surface area (Å²) in [4.78, 5) is 0. The van der Waals surface area contributed by atoms with Gasteiger partial charge in [0.2, 0.25) is 0 Å². The van der Waals surface area contributed by atoms with E-state index in [-0.39, 0.29) is 0 Å². The Morgan fingerprint density at radius 1 is 1.29 bits per heavy atom. The number of hydrogen-bond acceptors (Lipinski definition) is 3. The first-order chi connectivity index (χ1) is 7.83. The van der Waals surface area contributed by atoms with Crippen LogP contribution in [0.4, 0.5) is 17.6 Å². The molecule has 1 rings (SSSR count). The molecule has 0 bridgehead atoms. The molecule has 0 aliphatic carbocycles. The highest BCUT2D eigenvalue weighted by molar-refractivity contribution is 5.31. The molecule has 7 heteroatoms. The van der Waals surface area contributed by atoms with Gasteiger partial charge in [0.15, 0.2) is 11.6 Å². The van der Waals surface area contributed by atoms with E-state index in [4.69, 9.17) is 11.5 Å². The van der Waals surface area contributed by atoms with Crippen molar-refractivity contribution < 1.29 is 22.3 Å². The maximum atomic E-state index is 13.3. The fourth-order valence-corrected chi connectivity index (χ4v) is 1.30. The van der Waals surface area contributed by atoms with Crippen LogP contribution in [0.1, 0.15) is 18.0 Å². The molecule has 0 aliphatic heterocycles. The Morgan fingerprint density at radius 2 is 1.94 bits per heavy atom. The second kappa shape index (κ2) is 5.33. The van der Waals surface area contributed by atoms with Crippen LogP contribution in [0.2, 0.25) is 0 Å². The summed E-state index contributed by atoms with van der Waals surface area (Å²) in [5, 5.41) is 0. The molecule has 0 fully saturated rings. The van der Waals surface area contributed by atoms with Crippen molar-refractivity contribution in [3.05, 3.63) is 29.6 Å². The molecule has 17 heavy (non-hydrogen) atoms. The number of ether oxygens (including phenoxy) is 1. The second-order valence-electron chi connectivity index (χ2n) is 3.42. The summed E-state index contributed by atoms with van der Waals surface area (Å²) >= 11 is 0. The predicted molar refractivity (Wildman–Crippen MR) is 53.7 cm³/mol. The highest BCUT2D eigenvalue weighted by Crippen LogP contribution is 2.27. The molecule has 4 N–H and O–H groups in total. The van der Waals surface area contributed by atoms with Gasteiger partial charge in [-0.1, -0.05) is 6.07 Å². The molecule has 96 valence electrons. The van der Waals surface area contributed by atoms with Crippen LogP contribution in [0.3, 0.4) is 0 Å². The molecule has 0 radical (unpaired) electrons. The molecule has 3 nitrogen and oxygen atoms in total. The fraction of sp³-hybridized carbons (Fsp3) is 0.400. The molecule has 0 amide bonds. The van der Waals surface area contributed by atoms with Crippen molar-refractivity contribution in [2.45, 2.75) is 18.8 Å². The molecule has 1 aromatic carbocycles. The average molecular weight is 252 g/mol. The van der Waals surface area contributed by atoms with E-state index in [1.165, 1.54) is 6.07 Å². The minimum Gasteiger partial charge on any atom is -0.403 e. The normalized spacial score (nSPS) is 13.5. The smallest absolute Gasteiger partial charge is 0.403 e. The van der Waals surface area contributed by atoms with Gasteiger partial charge in [-0.2, -0.15) is 0 Å². The Morgan fingerprint density at radius 3 is 2.41 bits per heavy atom. The maximum Gasteiger partial charge on any atom is 0.573 e. The van der Waals surface area contributed by atoms with E-state index in [1.807, 2.05) is 0 Å². The van der Waals surface area contributed by atoms with Gasteiger partial charge in [0.1, 0.15) is 0 Å². The van der Waals surface area contributed by atoms with Gasteiger partial charge in [0.25, 0.3) is 0 Å². The Labute approximate surface area is 95.3 Å². The maximum absolute atomic E-state index is 13.3. The van der Waals surface area contributed by atoms with E-state index in [0.29, 0.717) is 18.5 Å². The monoisotopic (exact) mass is 252 g/mol. The average Bonchev–Trinajstić information content (AvgIpc) is 2.19. The van der Waals surface area contributed by atoms with Gasteiger partial charge in [-0.15, -0.1) is 13.2 Å². The third kappa shape index (κ3) is 4.20. The van der Waals surface area contributed by atoms with Gasteiger partial charge in [-0.25, -0.2) is 4.39 Å². The van der Waals surface area contributed by atoms with Crippen LogP contribution in [0, 0.1) is 5.82 Å². The van der Waals surface area contributed by atoms with Crippen molar-refractivity contribution in [1.29, 1.82) is 0 Å². The molecule has 0 saturated heterocycles. The van der Waals surface area contributed by atoms with Gasteiger partial charge in [-0.05, 0) is 30.7 Å². The third-order valence-corrected chi connectivity index (χ3v) is 2.09. The number of nitrogens with two attached hydrogens (primary N) is 2. The Bertz CT molecular complexity index is 381. The number of alkyl halides is 3. The lowest BCUT2D eigenvalue weighted by molar-refractivity contribution is -0.275. The first-order valence-electron chi connectivity index (χ1n) is 4.84. The van der Waals surface area contributed by atoms with Crippen LogP contribution in [-0.4, -0.2) is 12.9 Å². The number of rotatable bonds is 4. The van der Waals surface area contributed by atoms with Crippen molar-refractivity contribution in [1.82, 2.24) is 0 Å². The van der Waals surface area contributed by atoms with E-state index >= 15 is 0 Å². The summed E-state index contributed by atoms with van der Waals surface area (Å²) in [5.41, 5.74) is 11.3. The van der Waals surface area contributed by atoms with Crippen molar-refractivity contribution in [3.63, 3.8) is 0 Å². The zero-order valence-electron chi connectivity index (χ0n) is 8.80. The summed E-state index contributed by atoms with van der Waals surface area (Å²) in [6.07, 6.45) is -4.50. The summed E-state index contributed by atoms with van der Waals surface area (Å²) < 4.78 is 52.4. The van der Waals surface area contributed by atoms with Crippen molar-refractivity contribution >= 4 is 0 Å². The van der Waals surface area contributed by atoms with Crippen LogP contribution < -0.4 is 16.2 Å². The van der Waals surface area contributed by atoms with Crippen LogP contribution in [0.5, 0.6) is 5.75 Å². The molecule has 0 aliphatic rings. The Kier molecular flexibility index (Phi) is 4.30. The molecular formula is C10H12F4N2O. The summed E-state index contributed by atoms with van der Waals surface area (Å²) in [5.74, 6) is -1.98. The highest BCUT2D eigenvalue weighted by Gasteiger charge is 2.32. The zero-order valence-corrected chi connectivity index (χ0v) is 8.80. The van der Waals surface area contributed by atoms with Gasteiger partial charge < -0.3 is 16.2 Å². The van der Waals surface area contributed by atoms with E-state index in [2.05, 4.69) is 4.74 Å². The van der Waals surface area contributed by atoms with Gasteiger partial charge in [0.05, 0.1) is 0 Å². The molecule has 0 aromatic heterocycles. The first kappa shape index (κ1) is 13.7. The minimum absolute atomic E-state index is 0.309. The van der Waals surface area contributed by atoms with E-state index in [0.717, 1.165) is 12.1 Å². The quantitative estimate of drug-likeness (QED) is 0.806. The first-order valence-corrected chi connectivity index (χ1v) is 4.84. The number of halogens is 4. The lowest BCUT2D eigenvalue weighted by Crippen LogP contribution is -2.19. The topological polar surface area (TPSA) is 61.3 Å². The summed E-state index contributed by atoms with van der Waals surface area (Å²) in [6.45, 7) is 0.309. The van der Waals surface area contributed by atoms with Gasteiger partial charge in [0, 0.05) is 6.04 Å². The summed E-state index contributed by atoms with van der Waals surface area (Å²) in [6, 6.07) is 2.59. The lowest BCUT2D eigenvalue weighted by atomic mass is 10.0. The Hall–Kier alpha value is -1.34. The summed E-state index contributed by atoms with van der Waals surface area (Å²) in [7, 11) is 0. The number of hydrogen-bond donors (Lipinski definition) is 2. The van der Waals surface area contributed by atoms with E-state index in [9.17, 15) is 17.6 Å². The molecule has 0 heterocycles. The van der Waals surface area contributed by atoms with Crippen LogP contribution in [-0.2, 0) is 0 Å². The molecule has 1 atom stereocenters.